The van der Waals surface area contributed by atoms with Gasteiger partial charge in [0.2, 0.25) is 16.9 Å². The van der Waals surface area contributed by atoms with Crippen molar-refractivity contribution in [3.05, 3.63) is 60.2 Å². The topological polar surface area (TPSA) is 61.8 Å². The highest BCUT2D eigenvalue weighted by atomic mass is 32.1. The van der Waals surface area contributed by atoms with E-state index in [1.165, 1.54) is 5.56 Å². The molecule has 1 aliphatic carbocycles. The van der Waals surface area contributed by atoms with Crippen molar-refractivity contribution in [1.29, 1.82) is 0 Å². The summed E-state index contributed by atoms with van der Waals surface area (Å²) in [6, 6.07) is 10.1. The summed E-state index contributed by atoms with van der Waals surface area (Å²) in [5.74, 6) is -0.241. The van der Waals surface area contributed by atoms with Crippen molar-refractivity contribution in [2.24, 2.45) is 10.9 Å². The van der Waals surface area contributed by atoms with Gasteiger partial charge in [0.1, 0.15) is 0 Å². The van der Waals surface area contributed by atoms with E-state index in [4.69, 9.17) is 12.2 Å². The fraction of sp³-hybridized carbons (Fsp3) is 0.364. The van der Waals surface area contributed by atoms with Gasteiger partial charge in [0.25, 0.3) is 0 Å². The Morgan fingerprint density at radius 1 is 1.14 bits per heavy atom. The summed E-state index contributed by atoms with van der Waals surface area (Å²) in [6.07, 6.45) is 11.2. The Hall–Kier alpha value is -2.60. The zero-order valence-corrected chi connectivity index (χ0v) is 16.7. The standard InChI is InChI=1S/C22H25N3O2S/c26-20(23-15-14-17-9-3-1-4-10-17)13-5-2-8-16-25-21(27)18-11-6-7-12-19(18)24-22(25)28/h1,3-4,6-7,9-12,18H,2,5,8,13-16H2,(H,23,26). The van der Waals surface area contributed by atoms with Crippen LogP contribution < -0.4 is 5.32 Å². The largest absolute Gasteiger partial charge is 0.356 e. The zero-order valence-electron chi connectivity index (χ0n) is 15.8. The molecule has 0 saturated heterocycles. The van der Waals surface area contributed by atoms with Gasteiger partial charge in [0.05, 0.1) is 11.6 Å². The van der Waals surface area contributed by atoms with E-state index >= 15 is 0 Å². The smallest absolute Gasteiger partial charge is 0.241 e. The molecule has 2 amide bonds. The molecule has 1 aliphatic heterocycles. The highest BCUT2D eigenvalue weighted by Crippen LogP contribution is 2.20. The first-order valence-electron chi connectivity index (χ1n) is 9.74. The maximum absolute atomic E-state index is 12.6. The number of allylic oxidation sites excluding steroid dienone is 3. The Kier molecular flexibility index (Phi) is 7.25. The molecule has 0 aromatic heterocycles. The number of carbonyl (C=O) groups is 2. The van der Waals surface area contributed by atoms with E-state index < -0.39 is 0 Å². The van der Waals surface area contributed by atoms with Gasteiger partial charge >= 0.3 is 0 Å². The third kappa shape index (κ3) is 5.45. The molecular formula is C22H25N3O2S. The minimum Gasteiger partial charge on any atom is -0.356 e. The van der Waals surface area contributed by atoms with Gasteiger partial charge < -0.3 is 5.32 Å². The van der Waals surface area contributed by atoms with Crippen LogP contribution >= 0.6 is 12.2 Å². The van der Waals surface area contributed by atoms with E-state index in [0.717, 1.165) is 31.4 Å². The Balaban J connectivity index is 1.31. The van der Waals surface area contributed by atoms with Crippen molar-refractivity contribution in [3.63, 3.8) is 0 Å². The zero-order chi connectivity index (χ0) is 19.8. The van der Waals surface area contributed by atoms with Crippen LogP contribution in [0.1, 0.15) is 31.2 Å². The Labute approximate surface area is 171 Å². The van der Waals surface area contributed by atoms with Crippen LogP contribution in [0.3, 0.4) is 0 Å². The number of hydrogen-bond acceptors (Lipinski definition) is 3. The van der Waals surface area contributed by atoms with Gasteiger partial charge in [0, 0.05) is 19.5 Å². The SMILES string of the molecule is O=C(CCCCCN1C(=O)C2C=CC=CC2=NC1=S)NCCc1ccccc1. The number of fused-ring (bicyclic) bond motifs is 1. The number of nitrogens with one attached hydrogen (secondary N) is 1. The molecule has 2 aliphatic rings. The molecule has 0 spiro atoms. The molecule has 28 heavy (non-hydrogen) atoms. The summed E-state index contributed by atoms with van der Waals surface area (Å²) >= 11 is 5.28. The van der Waals surface area contributed by atoms with Crippen LogP contribution in [-0.4, -0.2) is 40.6 Å². The summed E-state index contributed by atoms with van der Waals surface area (Å²) in [6.45, 7) is 1.21. The van der Waals surface area contributed by atoms with E-state index in [1.54, 1.807) is 4.90 Å². The van der Waals surface area contributed by atoms with Gasteiger partial charge in [-0.3, -0.25) is 14.5 Å². The number of carbonyl (C=O) groups excluding carboxylic acids is 2. The average molecular weight is 396 g/mol. The van der Waals surface area contributed by atoms with Crippen molar-refractivity contribution >= 4 is 34.9 Å². The molecule has 1 unspecified atom stereocenters. The van der Waals surface area contributed by atoms with Crippen molar-refractivity contribution in [3.8, 4) is 0 Å². The molecule has 0 radical (unpaired) electrons. The summed E-state index contributed by atoms with van der Waals surface area (Å²) in [5.41, 5.74) is 1.94. The van der Waals surface area contributed by atoms with Gasteiger partial charge in [-0.1, -0.05) is 55.0 Å². The van der Waals surface area contributed by atoms with E-state index in [0.29, 0.717) is 24.6 Å². The highest BCUT2D eigenvalue weighted by molar-refractivity contribution is 7.80. The summed E-state index contributed by atoms with van der Waals surface area (Å²) < 4.78 is 0. The molecule has 1 N–H and O–H groups in total. The third-order valence-corrected chi connectivity index (χ3v) is 5.16. The number of unbranched alkanes of at least 4 members (excludes halogenated alkanes) is 2. The van der Waals surface area contributed by atoms with Gasteiger partial charge in [-0.15, -0.1) is 0 Å². The van der Waals surface area contributed by atoms with Crippen LogP contribution in [0.5, 0.6) is 0 Å². The lowest BCUT2D eigenvalue weighted by molar-refractivity contribution is -0.128. The first-order valence-corrected chi connectivity index (χ1v) is 10.2. The number of rotatable bonds is 9. The molecule has 1 aromatic rings. The number of aliphatic imine (C=N–C) groups is 1. The normalized spacial score (nSPS) is 18.1. The van der Waals surface area contributed by atoms with Crippen molar-refractivity contribution in [2.45, 2.75) is 32.1 Å². The Bertz CT molecular complexity index is 814. The lowest BCUT2D eigenvalue weighted by Crippen LogP contribution is -2.46. The van der Waals surface area contributed by atoms with E-state index in [2.05, 4.69) is 22.4 Å². The van der Waals surface area contributed by atoms with Crippen LogP contribution in [0.15, 0.2) is 59.6 Å². The average Bonchev–Trinajstić information content (AvgIpc) is 2.71. The predicted octanol–water partition coefficient (Wildman–Crippen LogP) is 3.22. The lowest BCUT2D eigenvalue weighted by Gasteiger charge is -2.30. The van der Waals surface area contributed by atoms with Crippen molar-refractivity contribution in [2.75, 3.05) is 13.1 Å². The number of thiocarbonyl (C=S) groups is 1. The maximum Gasteiger partial charge on any atom is 0.241 e. The third-order valence-electron chi connectivity index (χ3n) is 4.85. The minimum absolute atomic E-state index is 0.00532. The summed E-state index contributed by atoms with van der Waals surface area (Å²) in [7, 11) is 0. The molecule has 6 heteroatoms. The number of benzene rings is 1. The second-order valence-corrected chi connectivity index (χ2v) is 7.29. The molecule has 1 aromatic carbocycles. The van der Waals surface area contributed by atoms with Crippen molar-refractivity contribution in [1.82, 2.24) is 10.2 Å². The number of amides is 2. The quantitative estimate of drug-likeness (QED) is 0.516. The van der Waals surface area contributed by atoms with Crippen LogP contribution in [0.2, 0.25) is 0 Å². The molecular weight excluding hydrogens is 370 g/mol. The molecule has 3 rings (SSSR count). The highest BCUT2D eigenvalue weighted by Gasteiger charge is 2.33. The second kappa shape index (κ2) is 10.1. The molecule has 0 fully saturated rings. The van der Waals surface area contributed by atoms with E-state index in [9.17, 15) is 9.59 Å². The van der Waals surface area contributed by atoms with Crippen LogP contribution in [0, 0.1) is 5.92 Å². The second-order valence-electron chi connectivity index (χ2n) is 6.93. The Morgan fingerprint density at radius 2 is 1.96 bits per heavy atom. The van der Waals surface area contributed by atoms with E-state index in [-0.39, 0.29) is 17.7 Å². The van der Waals surface area contributed by atoms with Gasteiger partial charge in [0.15, 0.2) is 0 Å². The fourth-order valence-corrected chi connectivity index (χ4v) is 3.58. The molecule has 5 nitrogen and oxygen atoms in total. The van der Waals surface area contributed by atoms with Crippen LogP contribution in [-0.2, 0) is 16.0 Å². The van der Waals surface area contributed by atoms with Gasteiger partial charge in [-0.2, -0.15) is 0 Å². The first-order chi connectivity index (χ1) is 13.6. The molecule has 0 bridgehead atoms. The first kappa shape index (κ1) is 20.1. The van der Waals surface area contributed by atoms with Crippen molar-refractivity contribution < 1.29 is 9.59 Å². The summed E-state index contributed by atoms with van der Waals surface area (Å²) in [4.78, 5) is 30.5. The summed E-state index contributed by atoms with van der Waals surface area (Å²) in [5, 5.41) is 3.30. The van der Waals surface area contributed by atoms with E-state index in [1.807, 2.05) is 42.5 Å². The molecule has 0 saturated carbocycles. The van der Waals surface area contributed by atoms with Crippen LogP contribution in [0.4, 0.5) is 0 Å². The minimum atomic E-state index is -0.313. The maximum atomic E-state index is 12.6. The van der Waals surface area contributed by atoms with Crippen LogP contribution in [0.25, 0.3) is 0 Å². The molecule has 1 atom stereocenters. The van der Waals surface area contributed by atoms with Gasteiger partial charge in [-0.05, 0) is 43.1 Å². The lowest BCUT2D eigenvalue weighted by atomic mass is 9.95. The monoisotopic (exact) mass is 395 g/mol. The Morgan fingerprint density at radius 3 is 2.79 bits per heavy atom. The van der Waals surface area contributed by atoms with Gasteiger partial charge in [-0.25, -0.2) is 4.99 Å². The fourth-order valence-electron chi connectivity index (χ4n) is 3.30. The molecule has 1 heterocycles. The predicted molar refractivity (Wildman–Crippen MR) is 115 cm³/mol. The number of nitrogens with zero attached hydrogens (tertiary/aromatic N) is 2. The molecule has 146 valence electrons. The number of hydrogen-bond donors (Lipinski definition) is 1.